The molecule has 0 unspecified atom stereocenters. The van der Waals surface area contributed by atoms with E-state index in [0.29, 0.717) is 24.8 Å². The standard InChI is InChI=1S/C23H26ClFO4/c1-13(26)29-20-11-21(2)16(6-7-18(21)19(28)12-24)17-5-4-14-10-15(27)8-9-22(14,3)23(17,20)25/h7-10,16-17,20H,4-6,11-12H2,1-3H3/t16-,17-,20-,21-,22-,23-/m0/s1. The third-order valence-electron chi connectivity index (χ3n) is 7.93. The molecule has 0 radical (unpaired) electrons. The van der Waals surface area contributed by atoms with Crippen molar-refractivity contribution in [1.82, 2.24) is 0 Å². The molecule has 0 bridgehead atoms. The van der Waals surface area contributed by atoms with Gasteiger partial charge in [-0.2, -0.15) is 0 Å². The fourth-order valence-corrected chi connectivity index (χ4v) is 6.72. The number of carbonyl (C=O) groups is 3. The molecule has 0 aliphatic heterocycles. The Kier molecular flexibility index (Phi) is 4.69. The number of hydrogen-bond donors (Lipinski definition) is 0. The second-order valence-electron chi connectivity index (χ2n) is 9.26. The van der Waals surface area contributed by atoms with E-state index in [1.54, 1.807) is 13.0 Å². The largest absolute Gasteiger partial charge is 0.459 e. The van der Waals surface area contributed by atoms with Gasteiger partial charge >= 0.3 is 5.97 Å². The molecule has 4 rings (SSSR count). The van der Waals surface area contributed by atoms with Crippen molar-refractivity contribution in [2.45, 2.75) is 58.2 Å². The van der Waals surface area contributed by atoms with E-state index in [2.05, 4.69) is 0 Å². The number of carbonyl (C=O) groups excluding carboxylic acids is 3. The second kappa shape index (κ2) is 6.63. The van der Waals surface area contributed by atoms with E-state index in [4.69, 9.17) is 16.3 Å². The molecule has 4 aliphatic carbocycles. The number of hydrogen-bond acceptors (Lipinski definition) is 4. The first-order valence-electron chi connectivity index (χ1n) is 10.2. The van der Waals surface area contributed by atoms with Gasteiger partial charge in [-0.1, -0.05) is 24.6 Å². The van der Waals surface area contributed by atoms with Gasteiger partial charge in [0, 0.05) is 23.7 Å². The quantitative estimate of drug-likeness (QED) is 0.505. The highest BCUT2D eigenvalue weighted by atomic mass is 35.5. The molecule has 4 nitrogen and oxygen atoms in total. The number of fused-ring (bicyclic) bond motifs is 5. The van der Waals surface area contributed by atoms with Crippen LogP contribution in [-0.2, 0) is 19.1 Å². The molecule has 0 aromatic heterocycles. The Bertz CT molecular complexity index is 889. The summed E-state index contributed by atoms with van der Waals surface area (Å²) < 4.78 is 22.9. The lowest BCUT2D eigenvalue weighted by Gasteiger charge is -2.62. The molecule has 0 aromatic carbocycles. The minimum atomic E-state index is -1.85. The van der Waals surface area contributed by atoms with Crippen LogP contribution in [0.5, 0.6) is 0 Å². The van der Waals surface area contributed by atoms with E-state index < -0.39 is 34.5 Å². The lowest BCUT2D eigenvalue weighted by Crippen LogP contribution is -2.67. The highest BCUT2D eigenvalue weighted by Gasteiger charge is 2.71. The monoisotopic (exact) mass is 420 g/mol. The van der Waals surface area contributed by atoms with Crippen LogP contribution in [-0.4, -0.2) is 35.2 Å². The molecule has 0 saturated heterocycles. The normalized spacial score (nSPS) is 42.9. The first-order valence-corrected chi connectivity index (χ1v) is 10.7. The van der Waals surface area contributed by atoms with Gasteiger partial charge in [0.15, 0.2) is 17.2 Å². The van der Waals surface area contributed by atoms with Crippen molar-refractivity contribution in [2.24, 2.45) is 22.7 Å². The summed E-state index contributed by atoms with van der Waals surface area (Å²) >= 11 is 5.84. The fourth-order valence-electron chi connectivity index (χ4n) is 6.58. The molecule has 156 valence electrons. The van der Waals surface area contributed by atoms with Crippen molar-refractivity contribution in [3.05, 3.63) is 35.5 Å². The topological polar surface area (TPSA) is 60.4 Å². The lowest BCUT2D eigenvalue weighted by atomic mass is 9.45. The van der Waals surface area contributed by atoms with Crippen LogP contribution < -0.4 is 0 Å². The summed E-state index contributed by atoms with van der Waals surface area (Å²) in [5.41, 5.74) is -2.06. The third kappa shape index (κ3) is 2.66. The number of ether oxygens (including phenoxy) is 1. The summed E-state index contributed by atoms with van der Waals surface area (Å²) in [5.74, 6) is -1.42. The minimum Gasteiger partial charge on any atom is -0.459 e. The molecule has 2 saturated carbocycles. The number of Topliss-reactive ketones (excluding diaryl/α,β-unsaturated/α-hetero) is 1. The summed E-state index contributed by atoms with van der Waals surface area (Å²) in [6, 6.07) is 0. The first kappa shape index (κ1) is 20.5. The zero-order valence-corrected chi connectivity index (χ0v) is 17.7. The zero-order valence-electron chi connectivity index (χ0n) is 17.0. The van der Waals surface area contributed by atoms with Gasteiger partial charge in [0.05, 0.1) is 5.88 Å². The minimum absolute atomic E-state index is 0.0779. The van der Waals surface area contributed by atoms with Crippen LogP contribution in [0.15, 0.2) is 35.5 Å². The summed E-state index contributed by atoms with van der Waals surface area (Å²) in [7, 11) is 0. The van der Waals surface area contributed by atoms with Gasteiger partial charge in [0.1, 0.15) is 6.10 Å². The van der Waals surface area contributed by atoms with Gasteiger partial charge in [-0.05, 0) is 56.3 Å². The van der Waals surface area contributed by atoms with Crippen LogP contribution in [0, 0.1) is 22.7 Å². The van der Waals surface area contributed by atoms with E-state index in [1.807, 2.05) is 13.0 Å². The van der Waals surface area contributed by atoms with Crippen molar-refractivity contribution in [2.75, 3.05) is 5.88 Å². The molecule has 6 heteroatoms. The molecule has 0 amide bonds. The Morgan fingerprint density at radius 2 is 2.03 bits per heavy atom. The number of alkyl halides is 2. The van der Waals surface area contributed by atoms with Gasteiger partial charge in [0.2, 0.25) is 0 Å². The van der Waals surface area contributed by atoms with Gasteiger partial charge in [-0.25, -0.2) is 4.39 Å². The van der Waals surface area contributed by atoms with Crippen molar-refractivity contribution in [1.29, 1.82) is 0 Å². The molecule has 0 heterocycles. The summed E-state index contributed by atoms with van der Waals surface area (Å²) in [5, 5.41) is 0. The lowest BCUT2D eigenvalue weighted by molar-refractivity contribution is -0.206. The highest BCUT2D eigenvalue weighted by Crippen LogP contribution is 2.68. The van der Waals surface area contributed by atoms with Crippen molar-refractivity contribution < 1.29 is 23.5 Å². The van der Waals surface area contributed by atoms with Gasteiger partial charge in [-0.3, -0.25) is 14.4 Å². The summed E-state index contributed by atoms with van der Waals surface area (Å²) in [4.78, 5) is 36.4. The predicted octanol–water partition coefficient (Wildman–Crippen LogP) is 4.27. The van der Waals surface area contributed by atoms with E-state index in [0.717, 1.165) is 5.57 Å². The van der Waals surface area contributed by atoms with E-state index in [9.17, 15) is 14.4 Å². The molecule has 0 spiro atoms. The average molecular weight is 421 g/mol. The van der Waals surface area contributed by atoms with Crippen LogP contribution in [0.4, 0.5) is 4.39 Å². The van der Waals surface area contributed by atoms with Crippen LogP contribution in [0.3, 0.4) is 0 Å². The Hall–Kier alpha value is -1.75. The average Bonchev–Trinajstić information content (AvgIpc) is 2.99. The number of esters is 1. The zero-order chi connectivity index (χ0) is 21.2. The Morgan fingerprint density at radius 1 is 1.31 bits per heavy atom. The van der Waals surface area contributed by atoms with Crippen LogP contribution >= 0.6 is 11.6 Å². The molecule has 0 N–H and O–H groups in total. The molecule has 29 heavy (non-hydrogen) atoms. The number of allylic oxidation sites excluding steroid dienone is 6. The van der Waals surface area contributed by atoms with Crippen LogP contribution in [0.1, 0.15) is 46.5 Å². The smallest absolute Gasteiger partial charge is 0.303 e. The maximum Gasteiger partial charge on any atom is 0.303 e. The van der Waals surface area contributed by atoms with Crippen molar-refractivity contribution in [3.63, 3.8) is 0 Å². The molecular weight excluding hydrogens is 395 g/mol. The highest BCUT2D eigenvalue weighted by molar-refractivity contribution is 6.30. The second-order valence-corrected chi connectivity index (χ2v) is 9.52. The van der Waals surface area contributed by atoms with E-state index in [-0.39, 0.29) is 29.8 Å². The van der Waals surface area contributed by atoms with Crippen molar-refractivity contribution >= 4 is 29.1 Å². The molecular formula is C23H26ClFO4. The Morgan fingerprint density at radius 3 is 2.69 bits per heavy atom. The van der Waals surface area contributed by atoms with E-state index in [1.165, 1.54) is 19.1 Å². The molecule has 0 aromatic rings. The maximum atomic E-state index is 17.3. The van der Waals surface area contributed by atoms with Crippen LogP contribution in [0.25, 0.3) is 0 Å². The Balaban J connectivity index is 1.84. The summed E-state index contributed by atoms with van der Waals surface area (Å²) in [6.45, 7) is 5.06. The Labute approximate surface area is 175 Å². The number of rotatable bonds is 3. The SMILES string of the molecule is CC(=O)O[C@H]1C[C@]2(C)C(C(=O)CCl)=CC[C@H]2[C@@H]2CCC3=CC(=O)C=C[C@]3(C)[C@@]12F. The third-order valence-corrected chi connectivity index (χ3v) is 8.17. The number of ketones is 2. The van der Waals surface area contributed by atoms with Crippen molar-refractivity contribution in [3.8, 4) is 0 Å². The van der Waals surface area contributed by atoms with Crippen LogP contribution in [0.2, 0.25) is 0 Å². The summed E-state index contributed by atoms with van der Waals surface area (Å²) in [6.07, 6.45) is 7.49. The van der Waals surface area contributed by atoms with Gasteiger partial charge < -0.3 is 4.74 Å². The first-order chi connectivity index (χ1) is 13.6. The predicted molar refractivity (Wildman–Crippen MR) is 107 cm³/mol. The maximum absolute atomic E-state index is 17.3. The molecule has 6 atom stereocenters. The molecule has 2 fully saturated rings. The van der Waals surface area contributed by atoms with Gasteiger partial charge in [0.25, 0.3) is 0 Å². The van der Waals surface area contributed by atoms with Gasteiger partial charge in [-0.15, -0.1) is 11.6 Å². The molecule has 4 aliphatic rings. The fraction of sp³-hybridized carbons (Fsp3) is 0.609. The van der Waals surface area contributed by atoms with E-state index >= 15 is 4.39 Å². The number of halogens is 2.